The number of nitrogen functional groups attached to an aromatic ring is 1. The van der Waals surface area contributed by atoms with Crippen LogP contribution in [-0.2, 0) is 10.0 Å². The zero-order valence-electron chi connectivity index (χ0n) is 11.0. The minimum absolute atomic E-state index is 0.0526. The molecule has 2 atom stereocenters. The van der Waals surface area contributed by atoms with Crippen molar-refractivity contribution in [2.75, 3.05) is 12.0 Å². The van der Waals surface area contributed by atoms with E-state index in [1.807, 2.05) is 0 Å². The number of rotatable bonds is 5. The molecule has 0 aromatic carbocycles. The van der Waals surface area contributed by atoms with E-state index >= 15 is 0 Å². The Hall–Kier alpha value is -1.18. The van der Waals surface area contributed by atoms with Gasteiger partial charge in [-0.2, -0.15) is 0 Å². The van der Waals surface area contributed by atoms with Crippen LogP contribution in [0.3, 0.4) is 0 Å². The summed E-state index contributed by atoms with van der Waals surface area (Å²) in [5.74, 6) is 6.28. The predicted molar refractivity (Wildman–Crippen MR) is 73.7 cm³/mol. The molecule has 0 aliphatic heterocycles. The van der Waals surface area contributed by atoms with Gasteiger partial charge in [0.15, 0.2) is 5.03 Å². The Morgan fingerprint density at radius 2 is 2.26 bits per heavy atom. The largest absolute Gasteiger partial charge is 0.321 e. The molecule has 1 aliphatic carbocycles. The second-order valence-corrected chi connectivity index (χ2v) is 6.70. The van der Waals surface area contributed by atoms with Gasteiger partial charge >= 0.3 is 0 Å². The number of anilines is 1. The van der Waals surface area contributed by atoms with Crippen LogP contribution in [0, 0.1) is 11.8 Å². The van der Waals surface area contributed by atoms with Crippen molar-refractivity contribution in [2.24, 2.45) is 17.7 Å². The summed E-state index contributed by atoms with van der Waals surface area (Å²) in [5.41, 5.74) is 2.66. The Kier molecular flexibility index (Phi) is 4.38. The maximum atomic E-state index is 12.2. The number of pyridine rings is 1. The maximum Gasteiger partial charge on any atom is 0.260 e. The molecule has 1 aromatic heterocycles. The summed E-state index contributed by atoms with van der Waals surface area (Å²) >= 11 is 0. The number of hydrogen-bond acceptors (Lipinski definition) is 5. The fourth-order valence-corrected chi connectivity index (χ4v) is 3.71. The molecule has 2 rings (SSSR count). The van der Waals surface area contributed by atoms with Crippen molar-refractivity contribution in [1.82, 2.24) is 9.71 Å². The van der Waals surface area contributed by atoms with Crippen molar-refractivity contribution in [2.45, 2.75) is 31.2 Å². The standard InChI is InChI=1S/C12H20N4O2S/c1-9-4-2-5-10(9)8-15-19(17,18)12-11(16-13)6-3-7-14-12/h3,6-7,9-10,15-16H,2,4-5,8,13H2,1H3. The Bertz CT molecular complexity index is 532. The Labute approximate surface area is 113 Å². The Morgan fingerprint density at radius 1 is 1.47 bits per heavy atom. The smallest absolute Gasteiger partial charge is 0.260 e. The summed E-state index contributed by atoms with van der Waals surface area (Å²) in [6, 6.07) is 3.22. The van der Waals surface area contributed by atoms with Crippen LogP contribution in [-0.4, -0.2) is 19.9 Å². The molecule has 0 saturated heterocycles. The zero-order chi connectivity index (χ0) is 13.9. The summed E-state index contributed by atoms with van der Waals surface area (Å²) in [4.78, 5) is 3.89. The molecule has 1 fully saturated rings. The highest BCUT2D eigenvalue weighted by molar-refractivity contribution is 7.89. The van der Waals surface area contributed by atoms with E-state index in [1.165, 1.54) is 19.0 Å². The van der Waals surface area contributed by atoms with Gasteiger partial charge in [0.05, 0.1) is 5.69 Å². The van der Waals surface area contributed by atoms with Crippen LogP contribution in [0.25, 0.3) is 0 Å². The van der Waals surface area contributed by atoms with Gasteiger partial charge in [0.1, 0.15) is 0 Å². The van der Waals surface area contributed by atoms with Gasteiger partial charge in [0, 0.05) is 12.7 Å². The third kappa shape index (κ3) is 3.23. The van der Waals surface area contributed by atoms with Crippen molar-refractivity contribution in [3.63, 3.8) is 0 Å². The molecular formula is C12H20N4O2S. The van der Waals surface area contributed by atoms with Crippen molar-refractivity contribution < 1.29 is 8.42 Å². The van der Waals surface area contributed by atoms with Gasteiger partial charge in [-0.05, 0) is 30.4 Å². The summed E-state index contributed by atoms with van der Waals surface area (Å²) in [6.45, 7) is 2.63. The fourth-order valence-electron chi connectivity index (χ4n) is 2.53. The zero-order valence-corrected chi connectivity index (χ0v) is 11.8. The fraction of sp³-hybridized carbons (Fsp3) is 0.583. The SMILES string of the molecule is CC1CCCC1CNS(=O)(=O)c1ncccc1NN. The van der Waals surface area contributed by atoms with Gasteiger partial charge in [-0.15, -0.1) is 0 Å². The number of hydrogen-bond donors (Lipinski definition) is 3. The quantitative estimate of drug-likeness (QED) is 0.555. The molecule has 19 heavy (non-hydrogen) atoms. The van der Waals surface area contributed by atoms with Crippen LogP contribution >= 0.6 is 0 Å². The van der Waals surface area contributed by atoms with Crippen molar-refractivity contribution in [1.29, 1.82) is 0 Å². The second kappa shape index (κ2) is 5.85. The number of sulfonamides is 1. The van der Waals surface area contributed by atoms with Crippen LogP contribution in [0.1, 0.15) is 26.2 Å². The van der Waals surface area contributed by atoms with Gasteiger partial charge in [-0.1, -0.05) is 19.8 Å². The van der Waals surface area contributed by atoms with E-state index in [4.69, 9.17) is 5.84 Å². The van der Waals surface area contributed by atoms with E-state index in [9.17, 15) is 8.42 Å². The molecule has 4 N–H and O–H groups in total. The Morgan fingerprint density at radius 3 is 2.89 bits per heavy atom. The molecule has 7 heteroatoms. The van der Waals surface area contributed by atoms with E-state index < -0.39 is 10.0 Å². The first kappa shape index (κ1) is 14.2. The van der Waals surface area contributed by atoms with E-state index in [1.54, 1.807) is 12.1 Å². The number of nitrogens with one attached hydrogen (secondary N) is 2. The van der Waals surface area contributed by atoms with E-state index in [-0.39, 0.29) is 5.03 Å². The number of aromatic nitrogens is 1. The van der Waals surface area contributed by atoms with Crippen molar-refractivity contribution in [3.8, 4) is 0 Å². The number of nitrogens with zero attached hydrogens (tertiary/aromatic N) is 1. The summed E-state index contributed by atoms with van der Waals surface area (Å²) in [6.07, 6.45) is 4.86. The first-order chi connectivity index (χ1) is 9.04. The van der Waals surface area contributed by atoms with Gasteiger partial charge in [-0.25, -0.2) is 18.1 Å². The topological polar surface area (TPSA) is 97.1 Å². The minimum Gasteiger partial charge on any atom is -0.321 e. The second-order valence-electron chi connectivity index (χ2n) is 5.02. The first-order valence-corrected chi connectivity index (χ1v) is 7.94. The highest BCUT2D eigenvalue weighted by Gasteiger charge is 2.26. The lowest BCUT2D eigenvalue weighted by Gasteiger charge is -2.16. The monoisotopic (exact) mass is 284 g/mol. The molecule has 1 heterocycles. The third-order valence-corrected chi connectivity index (χ3v) is 5.14. The maximum absolute atomic E-state index is 12.2. The average molecular weight is 284 g/mol. The highest BCUT2D eigenvalue weighted by Crippen LogP contribution is 2.30. The van der Waals surface area contributed by atoms with Gasteiger partial charge < -0.3 is 5.43 Å². The highest BCUT2D eigenvalue weighted by atomic mass is 32.2. The molecule has 0 bridgehead atoms. The molecule has 0 amide bonds. The molecule has 0 spiro atoms. The Balaban J connectivity index is 2.09. The van der Waals surface area contributed by atoms with Crippen LogP contribution in [0.15, 0.2) is 23.4 Å². The molecule has 1 aliphatic rings. The van der Waals surface area contributed by atoms with Crippen LogP contribution < -0.4 is 16.0 Å². The van der Waals surface area contributed by atoms with Crippen molar-refractivity contribution in [3.05, 3.63) is 18.3 Å². The van der Waals surface area contributed by atoms with Gasteiger partial charge in [-0.3, -0.25) is 5.84 Å². The van der Waals surface area contributed by atoms with Crippen LogP contribution in [0.5, 0.6) is 0 Å². The summed E-state index contributed by atoms with van der Waals surface area (Å²) in [7, 11) is -3.62. The first-order valence-electron chi connectivity index (χ1n) is 6.46. The molecule has 1 aromatic rings. The molecule has 106 valence electrons. The summed E-state index contributed by atoms with van der Waals surface area (Å²) < 4.78 is 27.0. The van der Waals surface area contributed by atoms with Gasteiger partial charge in [0.2, 0.25) is 0 Å². The van der Waals surface area contributed by atoms with E-state index in [0.717, 1.165) is 6.42 Å². The minimum atomic E-state index is -3.62. The molecule has 6 nitrogen and oxygen atoms in total. The summed E-state index contributed by atoms with van der Waals surface area (Å²) in [5, 5.41) is -0.0526. The van der Waals surface area contributed by atoms with Crippen LogP contribution in [0.2, 0.25) is 0 Å². The van der Waals surface area contributed by atoms with E-state index in [0.29, 0.717) is 24.1 Å². The normalized spacial score (nSPS) is 23.5. The lowest BCUT2D eigenvalue weighted by molar-refractivity contribution is 0.414. The lowest BCUT2D eigenvalue weighted by Crippen LogP contribution is -2.31. The van der Waals surface area contributed by atoms with Crippen molar-refractivity contribution >= 4 is 15.7 Å². The third-order valence-electron chi connectivity index (χ3n) is 3.76. The van der Waals surface area contributed by atoms with Crippen LogP contribution in [0.4, 0.5) is 5.69 Å². The molecule has 0 radical (unpaired) electrons. The van der Waals surface area contributed by atoms with E-state index in [2.05, 4.69) is 22.1 Å². The number of nitrogens with two attached hydrogens (primary N) is 1. The molecule has 1 saturated carbocycles. The lowest BCUT2D eigenvalue weighted by atomic mass is 9.99. The number of hydrazine groups is 1. The predicted octanol–water partition coefficient (Wildman–Crippen LogP) is 1.08. The molecular weight excluding hydrogens is 264 g/mol. The molecule has 2 unspecified atom stereocenters. The van der Waals surface area contributed by atoms with Gasteiger partial charge in [0.25, 0.3) is 10.0 Å². The average Bonchev–Trinajstić information content (AvgIpc) is 2.82.